The van der Waals surface area contributed by atoms with Crippen molar-refractivity contribution < 1.29 is 12.8 Å². The van der Waals surface area contributed by atoms with Crippen LogP contribution in [0.1, 0.15) is 18.4 Å². The summed E-state index contributed by atoms with van der Waals surface area (Å²) < 4.78 is 36.0. The molecule has 18 heavy (non-hydrogen) atoms. The van der Waals surface area contributed by atoms with Crippen molar-refractivity contribution in [1.29, 1.82) is 0 Å². The van der Waals surface area contributed by atoms with Gasteiger partial charge in [-0.2, -0.15) is 0 Å². The van der Waals surface area contributed by atoms with Crippen LogP contribution in [-0.2, 0) is 16.4 Å². The summed E-state index contributed by atoms with van der Waals surface area (Å²) in [5.41, 5.74) is 0.637. The monoisotopic (exact) mass is 271 g/mol. The Balaban J connectivity index is 2.01. The maximum atomic E-state index is 13.6. The van der Waals surface area contributed by atoms with Crippen molar-refractivity contribution in [2.24, 2.45) is 0 Å². The SMILES string of the molecule is CS(=O)(=O)CCN(Cc1ccccc1F)C1CC1. The van der Waals surface area contributed by atoms with Crippen molar-refractivity contribution in [3.8, 4) is 0 Å². The van der Waals surface area contributed by atoms with Crippen molar-refractivity contribution in [3.05, 3.63) is 35.6 Å². The lowest BCUT2D eigenvalue weighted by atomic mass is 10.2. The van der Waals surface area contributed by atoms with E-state index in [1.807, 2.05) is 0 Å². The van der Waals surface area contributed by atoms with Crippen molar-refractivity contribution in [1.82, 2.24) is 4.90 Å². The zero-order valence-electron chi connectivity index (χ0n) is 10.5. The third kappa shape index (κ3) is 4.07. The van der Waals surface area contributed by atoms with E-state index < -0.39 is 9.84 Å². The fourth-order valence-corrected chi connectivity index (χ4v) is 2.53. The zero-order chi connectivity index (χ0) is 13.2. The molecule has 0 atom stereocenters. The number of benzene rings is 1. The summed E-state index contributed by atoms with van der Waals surface area (Å²) in [4.78, 5) is 2.07. The number of sulfone groups is 1. The Morgan fingerprint density at radius 3 is 2.56 bits per heavy atom. The molecule has 0 unspecified atom stereocenters. The predicted octanol–water partition coefficient (Wildman–Crippen LogP) is 1.83. The van der Waals surface area contributed by atoms with Crippen molar-refractivity contribution >= 4 is 9.84 Å². The summed E-state index contributed by atoms with van der Waals surface area (Å²) in [6.07, 6.45) is 3.40. The largest absolute Gasteiger partial charge is 0.295 e. The maximum absolute atomic E-state index is 13.6. The molecule has 1 fully saturated rings. The number of halogens is 1. The highest BCUT2D eigenvalue weighted by molar-refractivity contribution is 7.90. The van der Waals surface area contributed by atoms with Gasteiger partial charge in [0.25, 0.3) is 0 Å². The van der Waals surface area contributed by atoms with E-state index in [4.69, 9.17) is 0 Å². The Kier molecular flexibility index (Phi) is 4.02. The van der Waals surface area contributed by atoms with Gasteiger partial charge in [-0.3, -0.25) is 4.90 Å². The molecular formula is C13H18FNO2S. The Morgan fingerprint density at radius 1 is 1.33 bits per heavy atom. The lowest BCUT2D eigenvalue weighted by molar-refractivity contribution is 0.266. The normalized spacial score (nSPS) is 16.2. The van der Waals surface area contributed by atoms with Gasteiger partial charge in [-0.1, -0.05) is 18.2 Å². The van der Waals surface area contributed by atoms with E-state index in [1.165, 1.54) is 12.3 Å². The Labute approximate surface area is 108 Å². The topological polar surface area (TPSA) is 37.4 Å². The molecule has 0 radical (unpaired) electrons. The third-order valence-corrected chi connectivity index (χ3v) is 4.07. The summed E-state index contributed by atoms with van der Waals surface area (Å²) in [6.45, 7) is 0.977. The molecule has 1 aliphatic carbocycles. The third-order valence-electron chi connectivity index (χ3n) is 3.14. The van der Waals surface area contributed by atoms with Crippen LogP contribution in [0, 0.1) is 5.82 Å². The van der Waals surface area contributed by atoms with Crippen LogP contribution in [0.5, 0.6) is 0 Å². The standard InChI is InChI=1S/C13H18FNO2S/c1-18(16,17)9-8-15(12-6-7-12)10-11-4-2-3-5-13(11)14/h2-5,12H,6-10H2,1H3. The summed E-state index contributed by atoms with van der Waals surface area (Å²) in [7, 11) is -2.96. The molecule has 0 heterocycles. The van der Waals surface area contributed by atoms with Crippen molar-refractivity contribution in [3.63, 3.8) is 0 Å². The first kappa shape index (κ1) is 13.5. The molecule has 0 N–H and O–H groups in total. The number of nitrogens with zero attached hydrogens (tertiary/aromatic N) is 1. The Bertz CT molecular complexity index is 511. The molecule has 0 spiro atoms. The van der Waals surface area contributed by atoms with Gasteiger partial charge in [0.15, 0.2) is 0 Å². The first-order valence-electron chi connectivity index (χ1n) is 6.11. The van der Waals surface area contributed by atoms with E-state index in [0.29, 0.717) is 24.7 Å². The minimum absolute atomic E-state index is 0.137. The summed E-state index contributed by atoms with van der Waals surface area (Å²) in [6, 6.07) is 7.09. The molecule has 1 aromatic rings. The fourth-order valence-electron chi connectivity index (χ4n) is 1.96. The van der Waals surface area contributed by atoms with E-state index in [1.54, 1.807) is 18.2 Å². The quantitative estimate of drug-likeness (QED) is 0.792. The number of rotatable bonds is 6. The minimum atomic E-state index is -2.96. The molecule has 3 nitrogen and oxygen atoms in total. The number of hydrogen-bond acceptors (Lipinski definition) is 3. The lowest BCUT2D eigenvalue weighted by Crippen LogP contribution is -2.31. The molecular weight excluding hydrogens is 253 g/mol. The van der Waals surface area contributed by atoms with E-state index in [9.17, 15) is 12.8 Å². The maximum Gasteiger partial charge on any atom is 0.148 e. The molecule has 0 bridgehead atoms. The molecule has 0 amide bonds. The molecule has 1 aliphatic rings. The molecule has 0 aromatic heterocycles. The fraction of sp³-hybridized carbons (Fsp3) is 0.538. The first-order chi connectivity index (χ1) is 8.46. The van der Waals surface area contributed by atoms with E-state index in [0.717, 1.165) is 12.8 Å². The van der Waals surface area contributed by atoms with Crippen LogP contribution in [0.4, 0.5) is 4.39 Å². The summed E-state index contributed by atoms with van der Waals surface area (Å²) in [5, 5.41) is 0. The molecule has 1 saturated carbocycles. The Morgan fingerprint density at radius 2 is 2.00 bits per heavy atom. The highest BCUT2D eigenvalue weighted by Gasteiger charge is 2.29. The number of hydrogen-bond donors (Lipinski definition) is 0. The van der Waals surface area contributed by atoms with E-state index in [-0.39, 0.29) is 11.6 Å². The van der Waals surface area contributed by atoms with Crippen LogP contribution in [0.15, 0.2) is 24.3 Å². The summed E-state index contributed by atoms with van der Waals surface area (Å²) in [5.74, 6) is -0.0830. The van der Waals surface area contributed by atoms with E-state index >= 15 is 0 Å². The van der Waals surface area contributed by atoms with Crippen LogP contribution < -0.4 is 0 Å². The molecule has 0 saturated heterocycles. The van der Waals surface area contributed by atoms with Crippen molar-refractivity contribution in [2.75, 3.05) is 18.6 Å². The average molecular weight is 271 g/mol. The van der Waals surface area contributed by atoms with Gasteiger partial charge in [-0.25, -0.2) is 12.8 Å². The smallest absolute Gasteiger partial charge is 0.148 e. The second-order valence-corrected chi connectivity index (χ2v) is 7.18. The van der Waals surface area contributed by atoms with Crippen molar-refractivity contribution in [2.45, 2.75) is 25.4 Å². The molecule has 2 rings (SSSR count). The highest BCUT2D eigenvalue weighted by Crippen LogP contribution is 2.28. The molecule has 1 aromatic carbocycles. The van der Waals surface area contributed by atoms with Gasteiger partial charge in [-0.05, 0) is 18.9 Å². The molecule has 5 heteroatoms. The van der Waals surface area contributed by atoms with Crippen LogP contribution in [0.25, 0.3) is 0 Å². The summed E-state index contributed by atoms with van der Waals surface area (Å²) >= 11 is 0. The Hall–Kier alpha value is -0.940. The van der Waals surface area contributed by atoms with Crippen LogP contribution >= 0.6 is 0 Å². The second-order valence-electron chi connectivity index (χ2n) is 4.92. The first-order valence-corrected chi connectivity index (χ1v) is 8.17. The predicted molar refractivity (Wildman–Crippen MR) is 69.5 cm³/mol. The van der Waals surface area contributed by atoms with Gasteiger partial charge in [-0.15, -0.1) is 0 Å². The zero-order valence-corrected chi connectivity index (χ0v) is 11.3. The lowest BCUT2D eigenvalue weighted by Gasteiger charge is -2.21. The van der Waals surface area contributed by atoms with E-state index in [2.05, 4.69) is 4.90 Å². The van der Waals surface area contributed by atoms with Gasteiger partial charge in [0, 0.05) is 31.0 Å². The van der Waals surface area contributed by atoms with Crippen LogP contribution in [0.3, 0.4) is 0 Å². The van der Waals surface area contributed by atoms with Gasteiger partial charge >= 0.3 is 0 Å². The van der Waals surface area contributed by atoms with Crippen LogP contribution in [0.2, 0.25) is 0 Å². The van der Waals surface area contributed by atoms with Gasteiger partial charge in [0.2, 0.25) is 0 Å². The average Bonchev–Trinajstić information content (AvgIpc) is 3.09. The molecule has 0 aliphatic heterocycles. The highest BCUT2D eigenvalue weighted by atomic mass is 32.2. The van der Waals surface area contributed by atoms with Gasteiger partial charge < -0.3 is 0 Å². The van der Waals surface area contributed by atoms with Gasteiger partial charge in [0.1, 0.15) is 15.7 Å². The molecule has 100 valence electrons. The van der Waals surface area contributed by atoms with Gasteiger partial charge in [0.05, 0.1) is 5.75 Å². The minimum Gasteiger partial charge on any atom is -0.295 e. The second kappa shape index (κ2) is 5.36. The van der Waals surface area contributed by atoms with Crippen LogP contribution in [-0.4, -0.2) is 37.9 Å².